The molecule has 128 valence electrons. The van der Waals surface area contributed by atoms with E-state index >= 15 is 0 Å². The third-order valence-electron chi connectivity index (χ3n) is 3.62. The predicted octanol–water partition coefficient (Wildman–Crippen LogP) is 4.71. The molecule has 0 unspecified atom stereocenters. The molecule has 6 heteroatoms. The molecule has 2 heterocycles. The van der Waals surface area contributed by atoms with Crippen LogP contribution in [0.1, 0.15) is 10.9 Å². The Balaban J connectivity index is 1.36. The van der Waals surface area contributed by atoms with Gasteiger partial charge in [0.2, 0.25) is 5.89 Å². The van der Waals surface area contributed by atoms with Crippen molar-refractivity contribution in [1.29, 1.82) is 0 Å². The number of nitrogens with zero attached hydrogens (tertiary/aromatic N) is 2. The van der Waals surface area contributed by atoms with Crippen LogP contribution in [0.5, 0.6) is 0 Å². The number of hydrogen-bond acceptors (Lipinski definition) is 6. The first-order valence-electron chi connectivity index (χ1n) is 7.98. The molecule has 26 heavy (non-hydrogen) atoms. The standard InChI is InChI=1S/C20H14N2O3S/c23-20(11-10-19-22-15-8-4-5-9-17(15)26-19)24-13-18-21-12-16(25-18)14-6-2-1-3-7-14/h1-12H,13H2. The summed E-state index contributed by atoms with van der Waals surface area (Å²) >= 11 is 1.52. The molecule has 2 aromatic carbocycles. The molecule has 0 amide bonds. The molecule has 0 N–H and O–H groups in total. The van der Waals surface area contributed by atoms with E-state index in [0.29, 0.717) is 11.7 Å². The van der Waals surface area contributed by atoms with Gasteiger partial charge in [0.25, 0.3) is 0 Å². The Morgan fingerprint density at radius 2 is 1.92 bits per heavy atom. The number of ether oxygens (including phenoxy) is 1. The normalized spacial score (nSPS) is 11.2. The second kappa shape index (κ2) is 7.33. The third kappa shape index (κ3) is 3.70. The highest BCUT2D eigenvalue weighted by molar-refractivity contribution is 7.19. The number of oxazole rings is 1. The fourth-order valence-corrected chi connectivity index (χ4v) is 3.26. The fraction of sp³-hybridized carbons (Fsp3) is 0.0500. The molecule has 0 aliphatic carbocycles. The van der Waals surface area contributed by atoms with Crippen molar-refractivity contribution < 1.29 is 13.9 Å². The van der Waals surface area contributed by atoms with Crippen LogP contribution in [0, 0.1) is 0 Å². The molecule has 0 aliphatic heterocycles. The van der Waals surface area contributed by atoms with Gasteiger partial charge in [0.15, 0.2) is 12.4 Å². The molecule has 0 spiro atoms. The van der Waals surface area contributed by atoms with Crippen LogP contribution in [0.2, 0.25) is 0 Å². The number of esters is 1. The molecule has 0 saturated heterocycles. The lowest BCUT2D eigenvalue weighted by atomic mass is 10.2. The molecule has 0 fully saturated rings. The molecule has 0 atom stereocenters. The van der Waals surface area contributed by atoms with Crippen LogP contribution in [-0.4, -0.2) is 15.9 Å². The summed E-state index contributed by atoms with van der Waals surface area (Å²) in [6.07, 6.45) is 4.63. The number of benzene rings is 2. The van der Waals surface area contributed by atoms with Crippen molar-refractivity contribution in [3.63, 3.8) is 0 Å². The van der Waals surface area contributed by atoms with Crippen LogP contribution in [0.25, 0.3) is 27.6 Å². The summed E-state index contributed by atoms with van der Waals surface area (Å²) in [6.45, 7) is -0.0180. The Kier molecular flexibility index (Phi) is 4.57. The smallest absolute Gasteiger partial charge is 0.331 e. The second-order valence-electron chi connectivity index (χ2n) is 5.45. The number of carbonyl (C=O) groups excluding carboxylic acids is 1. The molecule has 5 nitrogen and oxygen atoms in total. The van der Waals surface area contributed by atoms with Gasteiger partial charge in [-0.1, -0.05) is 42.5 Å². The second-order valence-corrected chi connectivity index (χ2v) is 6.51. The first-order valence-corrected chi connectivity index (χ1v) is 8.80. The minimum absolute atomic E-state index is 0.0180. The zero-order valence-electron chi connectivity index (χ0n) is 13.7. The molecule has 4 aromatic rings. The summed E-state index contributed by atoms with van der Waals surface area (Å²) in [5.74, 6) is 0.524. The van der Waals surface area contributed by atoms with Gasteiger partial charge in [-0.2, -0.15) is 0 Å². The average Bonchev–Trinajstić information content (AvgIpc) is 3.32. The van der Waals surface area contributed by atoms with E-state index in [1.807, 2.05) is 54.6 Å². The van der Waals surface area contributed by atoms with E-state index in [1.54, 1.807) is 12.3 Å². The molecule has 0 saturated carbocycles. The number of fused-ring (bicyclic) bond motifs is 1. The number of carbonyl (C=O) groups is 1. The van der Waals surface area contributed by atoms with Crippen LogP contribution in [0.15, 0.2) is 71.3 Å². The van der Waals surface area contributed by atoms with E-state index in [0.717, 1.165) is 20.8 Å². The highest BCUT2D eigenvalue weighted by atomic mass is 32.1. The summed E-state index contributed by atoms with van der Waals surface area (Å²) in [5, 5.41) is 0.755. The number of rotatable bonds is 5. The largest absolute Gasteiger partial charge is 0.453 e. The van der Waals surface area contributed by atoms with Gasteiger partial charge in [0.05, 0.1) is 16.4 Å². The SMILES string of the molecule is O=C(C=Cc1nc2ccccc2s1)OCc1ncc(-c2ccccc2)o1. The van der Waals surface area contributed by atoms with Gasteiger partial charge in [-0.05, 0) is 18.2 Å². The van der Waals surface area contributed by atoms with Crippen LogP contribution < -0.4 is 0 Å². The molecule has 4 rings (SSSR count). The highest BCUT2D eigenvalue weighted by Crippen LogP contribution is 2.22. The number of para-hydroxylation sites is 1. The van der Waals surface area contributed by atoms with Crippen molar-refractivity contribution in [1.82, 2.24) is 9.97 Å². The summed E-state index contributed by atoms with van der Waals surface area (Å²) < 4.78 is 11.8. The number of aromatic nitrogens is 2. The van der Waals surface area contributed by atoms with Gasteiger partial charge in [-0.25, -0.2) is 14.8 Å². The van der Waals surface area contributed by atoms with E-state index in [4.69, 9.17) is 9.15 Å². The van der Waals surface area contributed by atoms with Gasteiger partial charge >= 0.3 is 5.97 Å². The lowest BCUT2D eigenvalue weighted by molar-refractivity contribution is -0.139. The van der Waals surface area contributed by atoms with Gasteiger partial charge in [0, 0.05) is 11.6 Å². The van der Waals surface area contributed by atoms with Crippen molar-refractivity contribution >= 4 is 33.6 Å². The first-order chi connectivity index (χ1) is 12.8. The Labute approximate surface area is 153 Å². The maximum atomic E-state index is 11.9. The highest BCUT2D eigenvalue weighted by Gasteiger charge is 2.08. The van der Waals surface area contributed by atoms with Crippen LogP contribution in [-0.2, 0) is 16.1 Å². The average molecular weight is 362 g/mol. The molecule has 0 radical (unpaired) electrons. The van der Waals surface area contributed by atoms with Crippen molar-refractivity contribution in [3.05, 3.63) is 77.8 Å². The molecule has 2 aromatic heterocycles. The predicted molar refractivity (Wildman–Crippen MR) is 100 cm³/mol. The van der Waals surface area contributed by atoms with E-state index in [1.165, 1.54) is 17.4 Å². The third-order valence-corrected chi connectivity index (χ3v) is 4.62. The molecule has 0 aliphatic rings. The lowest BCUT2D eigenvalue weighted by Crippen LogP contribution is -2.00. The van der Waals surface area contributed by atoms with Crippen molar-refractivity contribution in [3.8, 4) is 11.3 Å². The van der Waals surface area contributed by atoms with Crippen LogP contribution in [0.4, 0.5) is 0 Å². The van der Waals surface area contributed by atoms with Crippen LogP contribution in [0.3, 0.4) is 0 Å². The van der Waals surface area contributed by atoms with Crippen molar-refractivity contribution in [2.45, 2.75) is 6.61 Å². The van der Waals surface area contributed by atoms with Gasteiger partial charge in [-0.15, -0.1) is 11.3 Å². The van der Waals surface area contributed by atoms with E-state index in [2.05, 4.69) is 9.97 Å². The van der Waals surface area contributed by atoms with E-state index in [-0.39, 0.29) is 6.61 Å². The summed E-state index contributed by atoms with van der Waals surface area (Å²) in [7, 11) is 0. The zero-order valence-corrected chi connectivity index (χ0v) is 14.5. The topological polar surface area (TPSA) is 65.2 Å². The summed E-state index contributed by atoms with van der Waals surface area (Å²) in [5.41, 5.74) is 1.84. The number of thiazole rings is 1. The van der Waals surface area contributed by atoms with Gasteiger partial charge < -0.3 is 9.15 Å². The van der Waals surface area contributed by atoms with Crippen LogP contribution >= 0.6 is 11.3 Å². The Bertz CT molecular complexity index is 1030. The Hall–Kier alpha value is -3.25. The van der Waals surface area contributed by atoms with Crippen molar-refractivity contribution in [2.75, 3.05) is 0 Å². The quantitative estimate of drug-likeness (QED) is 0.380. The fourth-order valence-electron chi connectivity index (χ4n) is 2.39. The Morgan fingerprint density at radius 1 is 1.12 bits per heavy atom. The molecular weight excluding hydrogens is 348 g/mol. The lowest BCUT2D eigenvalue weighted by Gasteiger charge is -1.98. The Morgan fingerprint density at radius 3 is 2.77 bits per heavy atom. The monoisotopic (exact) mass is 362 g/mol. The van der Waals surface area contributed by atoms with E-state index in [9.17, 15) is 4.79 Å². The maximum absolute atomic E-state index is 11.9. The molecular formula is C20H14N2O3S. The van der Waals surface area contributed by atoms with Gasteiger partial charge in [0.1, 0.15) is 5.01 Å². The maximum Gasteiger partial charge on any atom is 0.331 e. The zero-order chi connectivity index (χ0) is 17.8. The summed E-state index contributed by atoms with van der Waals surface area (Å²) in [4.78, 5) is 20.4. The first kappa shape index (κ1) is 16.2. The van der Waals surface area contributed by atoms with E-state index < -0.39 is 5.97 Å². The minimum atomic E-state index is -0.469. The minimum Gasteiger partial charge on any atom is -0.453 e. The molecule has 0 bridgehead atoms. The number of hydrogen-bond donors (Lipinski definition) is 0. The van der Waals surface area contributed by atoms with Gasteiger partial charge in [-0.3, -0.25) is 0 Å². The summed E-state index contributed by atoms with van der Waals surface area (Å²) in [6, 6.07) is 17.5. The van der Waals surface area contributed by atoms with Crippen molar-refractivity contribution in [2.24, 2.45) is 0 Å².